The van der Waals surface area contributed by atoms with Crippen LogP contribution in [-0.4, -0.2) is 30.4 Å². The Bertz CT molecular complexity index is 461. The summed E-state index contributed by atoms with van der Waals surface area (Å²) in [6.45, 7) is 6.71. The topological polar surface area (TPSA) is 32.3 Å². The van der Waals surface area contributed by atoms with Gasteiger partial charge in [-0.1, -0.05) is 24.6 Å². The van der Waals surface area contributed by atoms with E-state index in [1.165, 1.54) is 12.8 Å². The van der Waals surface area contributed by atoms with Gasteiger partial charge in [0.2, 0.25) is 5.91 Å². The number of carbonyl (C=O) groups is 1. The molecular formula is C15H21ClN2O. The van der Waals surface area contributed by atoms with Crippen LogP contribution in [0.5, 0.6) is 0 Å². The SMILES string of the molecule is Cc1ccc(Cl)cc1NC(=O)CN1CCC[C@@H](C)C1. The van der Waals surface area contributed by atoms with Gasteiger partial charge in [-0.15, -0.1) is 0 Å². The predicted molar refractivity (Wildman–Crippen MR) is 79.7 cm³/mol. The zero-order chi connectivity index (χ0) is 13.8. The van der Waals surface area contributed by atoms with E-state index in [2.05, 4.69) is 17.1 Å². The molecule has 4 heteroatoms. The second-order valence-electron chi connectivity index (χ2n) is 5.49. The van der Waals surface area contributed by atoms with Crippen molar-refractivity contribution in [1.82, 2.24) is 4.90 Å². The molecule has 1 amide bonds. The molecular weight excluding hydrogens is 260 g/mol. The number of rotatable bonds is 3. The molecule has 1 N–H and O–H groups in total. The standard InChI is InChI=1S/C15H21ClN2O/c1-11-4-3-7-18(9-11)10-15(19)17-14-8-13(16)6-5-12(14)2/h5-6,8,11H,3-4,7,9-10H2,1-2H3,(H,17,19)/t11-/m1/s1. The number of nitrogens with one attached hydrogen (secondary N) is 1. The van der Waals surface area contributed by atoms with Crippen molar-refractivity contribution in [2.45, 2.75) is 26.7 Å². The molecule has 0 aliphatic carbocycles. The normalized spacial score (nSPS) is 20.3. The molecule has 2 rings (SSSR count). The van der Waals surface area contributed by atoms with Gasteiger partial charge in [-0.25, -0.2) is 0 Å². The summed E-state index contributed by atoms with van der Waals surface area (Å²) in [4.78, 5) is 14.3. The number of piperidine rings is 1. The number of hydrogen-bond donors (Lipinski definition) is 1. The van der Waals surface area contributed by atoms with Crippen LogP contribution in [0.3, 0.4) is 0 Å². The largest absolute Gasteiger partial charge is 0.325 e. The molecule has 1 atom stereocenters. The summed E-state index contributed by atoms with van der Waals surface area (Å²) < 4.78 is 0. The van der Waals surface area contributed by atoms with Crippen LogP contribution >= 0.6 is 11.6 Å². The van der Waals surface area contributed by atoms with E-state index in [1.54, 1.807) is 6.07 Å². The molecule has 19 heavy (non-hydrogen) atoms. The predicted octanol–water partition coefficient (Wildman–Crippen LogP) is 3.32. The van der Waals surface area contributed by atoms with Gasteiger partial charge in [0.25, 0.3) is 0 Å². The molecule has 1 fully saturated rings. The van der Waals surface area contributed by atoms with E-state index in [0.29, 0.717) is 17.5 Å². The van der Waals surface area contributed by atoms with Crippen molar-refractivity contribution < 1.29 is 4.79 Å². The highest BCUT2D eigenvalue weighted by Crippen LogP contribution is 2.20. The Hall–Kier alpha value is -1.06. The Kier molecular flexibility index (Phi) is 4.83. The lowest BCUT2D eigenvalue weighted by Gasteiger charge is -2.30. The van der Waals surface area contributed by atoms with E-state index in [1.807, 2.05) is 19.1 Å². The highest BCUT2D eigenvalue weighted by molar-refractivity contribution is 6.31. The van der Waals surface area contributed by atoms with Crippen molar-refractivity contribution in [2.24, 2.45) is 5.92 Å². The number of amides is 1. The first-order valence-corrected chi connectivity index (χ1v) is 7.21. The fourth-order valence-corrected chi connectivity index (χ4v) is 2.72. The van der Waals surface area contributed by atoms with Gasteiger partial charge in [0.1, 0.15) is 0 Å². The van der Waals surface area contributed by atoms with E-state index >= 15 is 0 Å². The molecule has 0 radical (unpaired) electrons. The molecule has 1 aromatic carbocycles. The molecule has 1 aromatic rings. The van der Waals surface area contributed by atoms with Gasteiger partial charge in [0, 0.05) is 17.3 Å². The molecule has 0 saturated carbocycles. The molecule has 104 valence electrons. The molecule has 1 aliphatic heterocycles. The number of likely N-dealkylation sites (tertiary alicyclic amines) is 1. The molecule has 1 saturated heterocycles. The van der Waals surface area contributed by atoms with E-state index in [4.69, 9.17) is 11.6 Å². The first-order chi connectivity index (χ1) is 9.04. The Morgan fingerprint density at radius 3 is 3.05 bits per heavy atom. The van der Waals surface area contributed by atoms with Gasteiger partial charge in [-0.2, -0.15) is 0 Å². The van der Waals surface area contributed by atoms with Crippen LogP contribution in [0, 0.1) is 12.8 Å². The third-order valence-electron chi connectivity index (χ3n) is 3.58. The van der Waals surface area contributed by atoms with Crippen LogP contribution < -0.4 is 5.32 Å². The van der Waals surface area contributed by atoms with Crippen molar-refractivity contribution in [1.29, 1.82) is 0 Å². The van der Waals surface area contributed by atoms with Crippen LogP contribution in [0.2, 0.25) is 5.02 Å². The first kappa shape index (κ1) is 14.4. The Balaban J connectivity index is 1.92. The van der Waals surface area contributed by atoms with Crippen molar-refractivity contribution in [3.8, 4) is 0 Å². The van der Waals surface area contributed by atoms with Crippen LogP contribution in [0.15, 0.2) is 18.2 Å². The summed E-state index contributed by atoms with van der Waals surface area (Å²) in [6, 6.07) is 5.55. The number of nitrogens with zero attached hydrogens (tertiary/aromatic N) is 1. The third-order valence-corrected chi connectivity index (χ3v) is 3.82. The summed E-state index contributed by atoms with van der Waals surface area (Å²) in [6.07, 6.45) is 2.45. The number of benzene rings is 1. The fourth-order valence-electron chi connectivity index (χ4n) is 2.55. The maximum Gasteiger partial charge on any atom is 0.238 e. The second-order valence-corrected chi connectivity index (χ2v) is 5.93. The average molecular weight is 281 g/mol. The zero-order valence-corrected chi connectivity index (χ0v) is 12.3. The quantitative estimate of drug-likeness (QED) is 0.921. The second kappa shape index (κ2) is 6.40. The monoisotopic (exact) mass is 280 g/mol. The minimum atomic E-state index is 0.0412. The van der Waals surface area contributed by atoms with Crippen LogP contribution in [-0.2, 0) is 4.79 Å². The number of hydrogen-bond acceptors (Lipinski definition) is 2. The molecule has 1 aliphatic rings. The van der Waals surface area contributed by atoms with Gasteiger partial charge in [0.15, 0.2) is 0 Å². The molecule has 0 aromatic heterocycles. The van der Waals surface area contributed by atoms with E-state index in [9.17, 15) is 4.79 Å². The smallest absolute Gasteiger partial charge is 0.238 e. The highest BCUT2D eigenvalue weighted by atomic mass is 35.5. The van der Waals surface area contributed by atoms with Gasteiger partial charge in [0.05, 0.1) is 6.54 Å². The van der Waals surface area contributed by atoms with Crippen molar-refractivity contribution in [3.05, 3.63) is 28.8 Å². The van der Waals surface area contributed by atoms with Gasteiger partial charge in [-0.05, 0) is 49.9 Å². The van der Waals surface area contributed by atoms with Crippen LogP contribution in [0.25, 0.3) is 0 Å². The molecule has 0 unspecified atom stereocenters. The fraction of sp³-hybridized carbons (Fsp3) is 0.533. The molecule has 0 bridgehead atoms. The van der Waals surface area contributed by atoms with Gasteiger partial charge in [-0.3, -0.25) is 9.69 Å². The Labute approximate surface area is 119 Å². The first-order valence-electron chi connectivity index (χ1n) is 6.83. The maximum absolute atomic E-state index is 12.1. The number of anilines is 1. The van der Waals surface area contributed by atoms with Crippen molar-refractivity contribution in [3.63, 3.8) is 0 Å². The zero-order valence-electron chi connectivity index (χ0n) is 11.6. The number of halogens is 1. The maximum atomic E-state index is 12.1. The van der Waals surface area contributed by atoms with Crippen LogP contribution in [0.4, 0.5) is 5.69 Å². The van der Waals surface area contributed by atoms with Crippen molar-refractivity contribution >= 4 is 23.2 Å². The summed E-state index contributed by atoms with van der Waals surface area (Å²) in [5.41, 5.74) is 1.84. The summed E-state index contributed by atoms with van der Waals surface area (Å²) in [5, 5.41) is 3.59. The van der Waals surface area contributed by atoms with Crippen molar-refractivity contribution in [2.75, 3.05) is 25.0 Å². The average Bonchev–Trinajstić information content (AvgIpc) is 2.34. The minimum Gasteiger partial charge on any atom is -0.325 e. The van der Waals surface area contributed by atoms with E-state index < -0.39 is 0 Å². The van der Waals surface area contributed by atoms with E-state index in [0.717, 1.165) is 24.3 Å². The summed E-state index contributed by atoms with van der Waals surface area (Å²) >= 11 is 5.95. The van der Waals surface area contributed by atoms with Crippen LogP contribution in [0.1, 0.15) is 25.3 Å². The Morgan fingerprint density at radius 2 is 2.32 bits per heavy atom. The lowest BCUT2D eigenvalue weighted by molar-refractivity contribution is -0.117. The highest BCUT2D eigenvalue weighted by Gasteiger charge is 2.18. The number of aryl methyl sites for hydroxylation is 1. The third kappa shape index (κ3) is 4.22. The molecule has 0 spiro atoms. The molecule has 3 nitrogen and oxygen atoms in total. The van der Waals surface area contributed by atoms with E-state index in [-0.39, 0.29) is 5.91 Å². The van der Waals surface area contributed by atoms with Gasteiger partial charge < -0.3 is 5.32 Å². The minimum absolute atomic E-state index is 0.0412. The Morgan fingerprint density at radius 1 is 1.53 bits per heavy atom. The lowest BCUT2D eigenvalue weighted by Crippen LogP contribution is -2.39. The summed E-state index contributed by atoms with van der Waals surface area (Å²) in [5.74, 6) is 0.730. The number of carbonyl (C=O) groups excluding carboxylic acids is 1. The van der Waals surface area contributed by atoms with Gasteiger partial charge >= 0.3 is 0 Å². The summed E-state index contributed by atoms with van der Waals surface area (Å²) in [7, 11) is 0. The lowest BCUT2D eigenvalue weighted by atomic mass is 10.0. The molecule has 1 heterocycles.